The minimum atomic E-state index is -0.597. The van der Waals surface area contributed by atoms with Crippen molar-refractivity contribution >= 4 is 23.4 Å². The molecule has 2 aromatic rings. The number of rotatable bonds is 6. The van der Waals surface area contributed by atoms with Gasteiger partial charge in [0.25, 0.3) is 5.91 Å². The number of aromatic nitrogens is 2. The van der Waals surface area contributed by atoms with Crippen molar-refractivity contribution in [3.8, 4) is 6.07 Å². The van der Waals surface area contributed by atoms with Crippen molar-refractivity contribution in [1.82, 2.24) is 9.97 Å². The number of nitrogens with zero attached hydrogens (tertiary/aromatic N) is 4. The molecular weight excluding hydrogens is 390 g/mol. The van der Waals surface area contributed by atoms with E-state index in [4.69, 9.17) is 11.5 Å². The van der Waals surface area contributed by atoms with Crippen molar-refractivity contribution in [3.05, 3.63) is 41.1 Å². The second-order valence-electron chi connectivity index (χ2n) is 8.96. The highest BCUT2D eigenvalue weighted by atomic mass is 16.1. The van der Waals surface area contributed by atoms with E-state index >= 15 is 0 Å². The summed E-state index contributed by atoms with van der Waals surface area (Å²) in [5.74, 6) is 0.589. The van der Waals surface area contributed by atoms with E-state index in [1.54, 1.807) is 0 Å². The first-order valence-corrected chi connectivity index (χ1v) is 10.8. The van der Waals surface area contributed by atoms with E-state index in [1.807, 2.05) is 17.0 Å². The van der Waals surface area contributed by atoms with Crippen molar-refractivity contribution < 1.29 is 4.79 Å². The third-order valence-corrected chi connectivity index (χ3v) is 6.18. The average molecular weight is 420 g/mol. The van der Waals surface area contributed by atoms with Crippen LogP contribution < -0.4 is 21.7 Å². The summed E-state index contributed by atoms with van der Waals surface area (Å²) in [5, 5.41) is 13.0. The zero-order valence-electron chi connectivity index (χ0n) is 18.1. The molecule has 2 aliphatic rings. The van der Waals surface area contributed by atoms with Gasteiger partial charge in [-0.15, -0.1) is 0 Å². The summed E-state index contributed by atoms with van der Waals surface area (Å²) in [5.41, 5.74) is 14.4. The van der Waals surface area contributed by atoms with Gasteiger partial charge in [0.15, 0.2) is 0 Å². The fourth-order valence-electron chi connectivity index (χ4n) is 4.05. The summed E-state index contributed by atoms with van der Waals surface area (Å²) < 4.78 is 0. The lowest BCUT2D eigenvalue weighted by Crippen LogP contribution is -2.43. The maximum Gasteiger partial charge on any atom is 0.254 e. The minimum Gasteiger partial charge on any atom is -0.365 e. The van der Waals surface area contributed by atoms with Crippen LogP contribution in [0.25, 0.3) is 0 Å². The van der Waals surface area contributed by atoms with Crippen molar-refractivity contribution in [1.29, 1.82) is 5.26 Å². The number of piperidine rings is 1. The van der Waals surface area contributed by atoms with Crippen molar-refractivity contribution in [3.63, 3.8) is 0 Å². The van der Waals surface area contributed by atoms with E-state index in [0.29, 0.717) is 24.2 Å². The Bertz CT molecular complexity index is 1040. The monoisotopic (exact) mass is 419 g/mol. The molecule has 4 rings (SSSR count). The Morgan fingerprint density at radius 1 is 1.35 bits per heavy atom. The van der Waals surface area contributed by atoms with E-state index in [0.717, 1.165) is 49.0 Å². The molecule has 1 amide bonds. The quantitative estimate of drug-likeness (QED) is 0.655. The molecule has 1 saturated heterocycles. The zero-order chi connectivity index (χ0) is 22.2. The topological polar surface area (TPSA) is 134 Å². The molecule has 8 nitrogen and oxygen atoms in total. The van der Waals surface area contributed by atoms with Crippen LogP contribution >= 0.6 is 0 Å². The molecule has 1 aromatic carbocycles. The Morgan fingerprint density at radius 2 is 2.13 bits per heavy atom. The number of anilines is 3. The zero-order valence-corrected chi connectivity index (χ0v) is 18.1. The van der Waals surface area contributed by atoms with Crippen LogP contribution in [0.4, 0.5) is 17.5 Å². The van der Waals surface area contributed by atoms with Crippen LogP contribution in [-0.2, 0) is 5.41 Å². The predicted octanol–water partition coefficient (Wildman–Crippen LogP) is 2.93. The molecule has 0 radical (unpaired) electrons. The first-order valence-electron chi connectivity index (χ1n) is 10.8. The summed E-state index contributed by atoms with van der Waals surface area (Å²) in [6.45, 7) is 5.73. The van der Waals surface area contributed by atoms with Crippen LogP contribution in [0.15, 0.2) is 24.4 Å². The van der Waals surface area contributed by atoms with E-state index < -0.39 is 11.3 Å². The molecule has 1 saturated carbocycles. The first-order chi connectivity index (χ1) is 14.8. The molecule has 5 N–H and O–H groups in total. The summed E-state index contributed by atoms with van der Waals surface area (Å²) in [4.78, 5) is 23.1. The third-order valence-electron chi connectivity index (χ3n) is 6.18. The van der Waals surface area contributed by atoms with Crippen LogP contribution in [0, 0.1) is 11.3 Å². The second-order valence-corrected chi connectivity index (χ2v) is 8.96. The smallest absolute Gasteiger partial charge is 0.254 e. The van der Waals surface area contributed by atoms with Crippen LogP contribution in [0.1, 0.15) is 66.9 Å². The lowest BCUT2D eigenvalue weighted by molar-refractivity contribution is 0.100. The molecule has 1 aliphatic carbocycles. The fourth-order valence-corrected chi connectivity index (χ4v) is 4.05. The SMILES string of the molecule is CC(C)c1cc(Nc2nc(N3CCC[C@H](N)C3)ncc2C(N)=O)cc(C2(C#N)CC2)c1. The Morgan fingerprint density at radius 3 is 2.74 bits per heavy atom. The van der Waals surface area contributed by atoms with Gasteiger partial charge in [0.1, 0.15) is 11.4 Å². The van der Waals surface area contributed by atoms with Crippen LogP contribution in [0.5, 0.6) is 0 Å². The van der Waals surface area contributed by atoms with E-state index in [9.17, 15) is 10.1 Å². The van der Waals surface area contributed by atoms with Gasteiger partial charge >= 0.3 is 0 Å². The number of carbonyl (C=O) groups excluding carboxylic acids is 1. The van der Waals surface area contributed by atoms with Gasteiger partial charge in [-0.3, -0.25) is 4.79 Å². The molecule has 1 aromatic heterocycles. The van der Waals surface area contributed by atoms with Crippen LogP contribution in [-0.4, -0.2) is 35.0 Å². The number of nitrogens with one attached hydrogen (secondary N) is 1. The van der Waals surface area contributed by atoms with Crippen molar-refractivity contribution in [2.24, 2.45) is 11.5 Å². The molecule has 0 spiro atoms. The fraction of sp³-hybridized carbons (Fsp3) is 0.478. The summed E-state index contributed by atoms with van der Waals surface area (Å²) >= 11 is 0. The molecule has 162 valence electrons. The standard InChI is InChI=1S/C23H29N7O/c1-14(2)15-8-16(23(13-24)5-6-23)10-18(9-15)28-21-19(20(26)31)11-27-22(29-21)30-7-3-4-17(25)12-30/h8-11,14,17H,3-7,12,25H2,1-2H3,(H2,26,31)(H,27,28,29)/t17-/m0/s1. The van der Waals surface area contributed by atoms with Gasteiger partial charge < -0.3 is 21.7 Å². The summed E-state index contributed by atoms with van der Waals surface area (Å²) in [7, 11) is 0. The number of carbonyl (C=O) groups is 1. The van der Waals surface area contributed by atoms with Crippen LogP contribution in [0.3, 0.4) is 0 Å². The number of primary amides is 1. The normalized spacial score (nSPS) is 19.7. The lowest BCUT2D eigenvalue weighted by Gasteiger charge is -2.31. The number of nitrogens with two attached hydrogens (primary N) is 2. The van der Waals surface area contributed by atoms with E-state index in [2.05, 4.69) is 41.3 Å². The van der Waals surface area contributed by atoms with Crippen LogP contribution in [0.2, 0.25) is 0 Å². The number of amides is 1. The molecule has 1 atom stereocenters. The molecule has 1 aliphatic heterocycles. The number of hydrogen-bond donors (Lipinski definition) is 3. The van der Waals surface area contributed by atoms with Gasteiger partial charge in [0.2, 0.25) is 5.95 Å². The number of benzene rings is 1. The highest BCUT2D eigenvalue weighted by Gasteiger charge is 2.45. The molecule has 2 fully saturated rings. The van der Waals surface area contributed by atoms with Gasteiger partial charge in [0, 0.05) is 31.0 Å². The van der Waals surface area contributed by atoms with E-state index in [1.165, 1.54) is 6.20 Å². The predicted molar refractivity (Wildman–Crippen MR) is 120 cm³/mol. The van der Waals surface area contributed by atoms with Gasteiger partial charge in [-0.25, -0.2) is 4.98 Å². The lowest BCUT2D eigenvalue weighted by atomic mass is 9.92. The van der Waals surface area contributed by atoms with E-state index in [-0.39, 0.29) is 11.6 Å². The van der Waals surface area contributed by atoms with Crippen molar-refractivity contribution in [2.75, 3.05) is 23.3 Å². The maximum atomic E-state index is 12.0. The summed E-state index contributed by atoms with van der Waals surface area (Å²) in [6, 6.07) is 8.67. The Labute approximate surface area is 182 Å². The molecular formula is C23H29N7O. The Kier molecular flexibility index (Phi) is 5.54. The Balaban J connectivity index is 1.71. The van der Waals surface area contributed by atoms with Gasteiger partial charge in [-0.05, 0) is 54.9 Å². The summed E-state index contributed by atoms with van der Waals surface area (Å²) in [6.07, 6.45) is 5.15. The number of nitriles is 1. The molecule has 31 heavy (non-hydrogen) atoms. The average Bonchev–Trinajstić information content (AvgIpc) is 3.55. The highest BCUT2D eigenvalue weighted by molar-refractivity contribution is 5.98. The largest absolute Gasteiger partial charge is 0.365 e. The molecule has 0 unspecified atom stereocenters. The highest BCUT2D eigenvalue weighted by Crippen LogP contribution is 2.48. The van der Waals surface area contributed by atoms with Gasteiger partial charge in [-0.2, -0.15) is 10.2 Å². The molecule has 0 bridgehead atoms. The minimum absolute atomic E-state index is 0.0792. The molecule has 8 heteroatoms. The first kappa shape index (κ1) is 21.1. The second kappa shape index (κ2) is 8.16. The Hall–Kier alpha value is -3.18. The van der Waals surface area contributed by atoms with Gasteiger partial charge in [-0.1, -0.05) is 19.9 Å². The number of hydrogen-bond acceptors (Lipinski definition) is 7. The molecule has 2 heterocycles. The maximum absolute atomic E-state index is 12.0. The third kappa shape index (κ3) is 4.32. The van der Waals surface area contributed by atoms with Gasteiger partial charge in [0.05, 0.1) is 11.5 Å². The van der Waals surface area contributed by atoms with Crippen molar-refractivity contribution in [2.45, 2.75) is 56.9 Å².